The summed E-state index contributed by atoms with van der Waals surface area (Å²) in [7, 11) is -2.54. The molecule has 32 heavy (non-hydrogen) atoms. The van der Waals surface area contributed by atoms with E-state index in [4.69, 9.17) is 37.8 Å². The Morgan fingerprint density at radius 3 is 2.97 bits per heavy atom. The Kier molecular flexibility index (Phi) is 7.00. The van der Waals surface area contributed by atoms with Gasteiger partial charge in [0.15, 0.2) is 22.6 Å². The number of anilines is 1. The molecule has 14 heteroatoms. The zero-order valence-electron chi connectivity index (χ0n) is 17.6. The number of nitrogens with zero attached hydrogens (tertiary/aromatic N) is 4. The van der Waals surface area contributed by atoms with E-state index in [1.54, 1.807) is 6.92 Å². The van der Waals surface area contributed by atoms with Crippen molar-refractivity contribution >= 4 is 42.7 Å². The molecule has 1 aliphatic heterocycles. The highest BCUT2D eigenvalue weighted by Crippen LogP contribution is 2.40. The Bertz CT molecular complexity index is 1090. The monoisotopic (exact) mass is 485 g/mol. The van der Waals surface area contributed by atoms with E-state index in [9.17, 15) is 14.5 Å². The minimum atomic E-state index is -2.54. The molecule has 0 aliphatic carbocycles. The first-order valence-electron chi connectivity index (χ1n) is 9.57. The molecule has 1 aliphatic rings. The number of imidazole rings is 1. The van der Waals surface area contributed by atoms with Crippen molar-refractivity contribution in [2.45, 2.75) is 50.7 Å². The van der Waals surface area contributed by atoms with Crippen LogP contribution >= 0.6 is 19.8 Å². The number of rotatable bonds is 8. The van der Waals surface area contributed by atoms with Gasteiger partial charge in [0.1, 0.15) is 24.5 Å². The van der Waals surface area contributed by atoms with Gasteiger partial charge in [-0.05, 0) is 36.9 Å². The summed E-state index contributed by atoms with van der Waals surface area (Å²) in [6.07, 6.45) is 5.19. The number of nitrogen functional groups attached to an aromatic ring is 1. The largest absolute Gasteiger partial charge is 0.614 e. The summed E-state index contributed by atoms with van der Waals surface area (Å²) < 4.78 is 30.1. The highest BCUT2D eigenvalue weighted by molar-refractivity contribution is 7.36. The van der Waals surface area contributed by atoms with Crippen LogP contribution in [0.15, 0.2) is 6.33 Å². The second-order valence-electron chi connectivity index (χ2n) is 7.55. The van der Waals surface area contributed by atoms with Gasteiger partial charge in [-0.25, -0.2) is 9.78 Å². The maximum absolute atomic E-state index is 12.4. The number of nitrogens with one attached hydrogen (secondary N) is 1. The van der Waals surface area contributed by atoms with Crippen molar-refractivity contribution < 1.29 is 28.5 Å². The lowest BCUT2D eigenvalue weighted by Gasteiger charge is -2.24. The third kappa shape index (κ3) is 4.68. The second-order valence-corrected chi connectivity index (χ2v) is 8.88. The van der Waals surface area contributed by atoms with Crippen LogP contribution in [0.25, 0.3) is 11.2 Å². The molecule has 3 rings (SSSR count). The van der Waals surface area contributed by atoms with E-state index in [0.717, 1.165) is 0 Å². The molecule has 2 aromatic rings. The smallest absolute Gasteiger partial charge is 0.465 e. The summed E-state index contributed by atoms with van der Waals surface area (Å²) in [5.41, 5.74) is 3.57. The fourth-order valence-electron chi connectivity index (χ4n) is 3.12. The average molecular weight is 486 g/mol. The summed E-state index contributed by atoms with van der Waals surface area (Å²) in [5, 5.41) is 13.1. The number of aliphatic hydroxyl groups excluding tert-OH is 1. The first kappa shape index (κ1) is 24.3. The predicted octanol–water partition coefficient (Wildman–Crippen LogP) is 1.32. The van der Waals surface area contributed by atoms with Gasteiger partial charge in [-0.2, -0.15) is 9.97 Å². The second kappa shape index (κ2) is 9.23. The highest BCUT2D eigenvalue weighted by Gasteiger charge is 2.51. The molecule has 172 valence electrons. The Balaban J connectivity index is 1.73. The van der Waals surface area contributed by atoms with Crippen molar-refractivity contribution in [1.82, 2.24) is 24.6 Å². The normalized spacial score (nSPS) is 23.8. The number of ether oxygens (including phenoxy) is 2. The third-order valence-electron chi connectivity index (χ3n) is 4.84. The number of hydrogen-bond acceptors (Lipinski definition) is 10. The van der Waals surface area contributed by atoms with E-state index < -0.39 is 44.2 Å². The number of hydrogen-bond donors (Lipinski definition) is 3. The topological polar surface area (TPSA) is 164 Å². The van der Waals surface area contributed by atoms with Crippen LogP contribution in [0.3, 0.4) is 0 Å². The molecule has 0 aromatic carbocycles. The van der Waals surface area contributed by atoms with E-state index in [0.29, 0.717) is 11.2 Å². The molecule has 1 saturated heterocycles. The molecule has 4 atom stereocenters. The summed E-state index contributed by atoms with van der Waals surface area (Å²) in [6, 6.07) is 0. The van der Waals surface area contributed by atoms with E-state index in [1.807, 2.05) is 0 Å². The first-order valence-corrected chi connectivity index (χ1v) is 11.1. The van der Waals surface area contributed by atoms with Crippen LogP contribution in [0.1, 0.15) is 33.4 Å². The van der Waals surface area contributed by atoms with E-state index >= 15 is 0 Å². The Morgan fingerprint density at radius 1 is 1.59 bits per heavy atom. The molecule has 1 unspecified atom stereocenters. The van der Waals surface area contributed by atoms with Crippen LogP contribution in [0.4, 0.5) is 5.82 Å². The quantitative estimate of drug-likeness (QED) is 0.214. The number of nitrogens with two attached hydrogens (primary N) is 1. The SMILES string of the molecule is C#C[C@]1(CO[P+](=O)NC(C)(C)C(=O)OCC)O[C@@H](n2cnc3c(N)nc(Cl)nc32)C[C@@H]1O. The van der Waals surface area contributed by atoms with Crippen LogP contribution in [0, 0.1) is 12.3 Å². The number of esters is 1. The minimum absolute atomic E-state index is 0.0685. The van der Waals surface area contributed by atoms with Gasteiger partial charge in [0.25, 0.3) is 0 Å². The number of halogens is 1. The van der Waals surface area contributed by atoms with E-state index in [2.05, 4.69) is 26.0 Å². The molecule has 4 N–H and O–H groups in total. The van der Waals surface area contributed by atoms with Gasteiger partial charge in [-0.1, -0.05) is 11.0 Å². The Hall–Kier alpha value is -2.39. The molecule has 2 aromatic heterocycles. The van der Waals surface area contributed by atoms with Gasteiger partial charge in [0.05, 0.1) is 12.9 Å². The summed E-state index contributed by atoms with van der Waals surface area (Å²) in [6.45, 7) is 4.42. The fraction of sp³-hybridized carbons (Fsp3) is 0.556. The lowest BCUT2D eigenvalue weighted by atomic mass is 9.99. The number of terminal acetylenes is 1. The number of aliphatic hydroxyl groups is 1. The molecule has 0 radical (unpaired) electrons. The van der Waals surface area contributed by atoms with Crippen molar-refractivity contribution in [3.63, 3.8) is 0 Å². The van der Waals surface area contributed by atoms with Crippen molar-refractivity contribution in [3.05, 3.63) is 11.6 Å². The number of carbonyl (C=O) groups is 1. The standard InChI is InChI=1S/C18H23ClN6O6P/c1-5-18(8-30-32(28)24-17(3,4)15(27)29-6-2)10(26)7-11(31-18)25-9-21-12-13(20)22-16(19)23-14(12)25/h1,9-11,26H,6-8H2,2-4H3,(H,24,28)(H2,20,22,23)/q+1/t10-,11+,18+/m0/s1. The van der Waals surface area contributed by atoms with Gasteiger partial charge in [-0.15, -0.1) is 10.9 Å². The summed E-state index contributed by atoms with van der Waals surface area (Å²) in [4.78, 5) is 24.1. The Labute approximate surface area is 189 Å². The van der Waals surface area contributed by atoms with Gasteiger partial charge < -0.3 is 20.3 Å². The average Bonchev–Trinajstić information content (AvgIpc) is 3.27. The van der Waals surface area contributed by atoms with E-state index in [1.165, 1.54) is 24.7 Å². The third-order valence-corrected chi connectivity index (χ3v) is 6.11. The maximum atomic E-state index is 12.4. The molecule has 1 fully saturated rings. The van der Waals surface area contributed by atoms with Crippen LogP contribution in [0.2, 0.25) is 5.28 Å². The van der Waals surface area contributed by atoms with Crippen molar-refractivity contribution in [3.8, 4) is 12.3 Å². The van der Waals surface area contributed by atoms with Crippen molar-refractivity contribution in [1.29, 1.82) is 0 Å². The minimum Gasteiger partial charge on any atom is -0.465 e. The molecule has 12 nitrogen and oxygen atoms in total. The van der Waals surface area contributed by atoms with Crippen molar-refractivity contribution in [2.75, 3.05) is 18.9 Å². The number of carbonyl (C=O) groups excluding carboxylic acids is 1. The predicted molar refractivity (Wildman–Crippen MR) is 114 cm³/mol. The van der Waals surface area contributed by atoms with Crippen molar-refractivity contribution in [2.24, 2.45) is 0 Å². The zero-order chi connectivity index (χ0) is 23.7. The lowest BCUT2D eigenvalue weighted by Crippen LogP contribution is -2.45. The van der Waals surface area contributed by atoms with Gasteiger partial charge in [-0.3, -0.25) is 4.57 Å². The maximum Gasteiger partial charge on any atom is 0.614 e. The molecule has 3 heterocycles. The van der Waals surface area contributed by atoms with E-state index in [-0.39, 0.29) is 24.1 Å². The molecule has 0 spiro atoms. The zero-order valence-corrected chi connectivity index (χ0v) is 19.3. The molecular formula is C18H23ClN6O6P+. The lowest BCUT2D eigenvalue weighted by molar-refractivity contribution is -0.149. The number of aromatic nitrogens is 4. The molecular weight excluding hydrogens is 463 g/mol. The molecule has 0 amide bonds. The first-order chi connectivity index (χ1) is 15.0. The number of fused-ring (bicyclic) bond motifs is 1. The van der Waals surface area contributed by atoms with Gasteiger partial charge in [0.2, 0.25) is 5.28 Å². The fourth-order valence-corrected chi connectivity index (χ4v) is 4.21. The molecule has 0 saturated carbocycles. The molecule has 0 bridgehead atoms. The van der Waals surface area contributed by atoms with Crippen LogP contribution < -0.4 is 10.8 Å². The summed E-state index contributed by atoms with van der Waals surface area (Å²) >= 11 is 5.89. The highest BCUT2D eigenvalue weighted by atomic mass is 35.5. The van der Waals surface area contributed by atoms with Crippen LogP contribution in [-0.2, 0) is 23.4 Å². The van der Waals surface area contributed by atoms with Crippen LogP contribution in [0.5, 0.6) is 0 Å². The van der Waals surface area contributed by atoms with Crippen LogP contribution in [-0.4, -0.2) is 61.1 Å². The van der Waals surface area contributed by atoms with Gasteiger partial charge in [0, 0.05) is 6.42 Å². The summed E-state index contributed by atoms with van der Waals surface area (Å²) in [5.74, 6) is 1.89. The van der Waals surface area contributed by atoms with Gasteiger partial charge >= 0.3 is 14.1 Å². The Morgan fingerprint density at radius 2 is 2.31 bits per heavy atom.